The van der Waals surface area contributed by atoms with Gasteiger partial charge in [0, 0.05) is 37.3 Å². The van der Waals surface area contributed by atoms with E-state index in [2.05, 4.69) is 19.2 Å². The van der Waals surface area contributed by atoms with Crippen molar-refractivity contribution < 1.29 is 52.8 Å². The molecule has 280 valence electrons. The topological polar surface area (TPSA) is 159 Å². The van der Waals surface area contributed by atoms with Gasteiger partial charge in [-0.3, -0.25) is 14.4 Å². The van der Waals surface area contributed by atoms with Crippen LogP contribution in [0.25, 0.3) is 6.08 Å². The van der Waals surface area contributed by atoms with E-state index in [1.54, 1.807) is 32.1 Å². The van der Waals surface area contributed by atoms with Gasteiger partial charge in [0.2, 0.25) is 12.0 Å². The SMILES string of the molecule is CCCCCC1(CCCCC)O[C@@H]2[C@H]3ON(Cc4ccc(C=CC(=O)O[C@H]5C(=O)OCC5(C)C)cc4)[C@H]4C(=O)OC(CC34C(=O)NCCO)[C@@H]2O1. The van der Waals surface area contributed by atoms with Crippen LogP contribution in [0.2, 0.25) is 0 Å². The number of carbonyl (C=O) groups is 4. The molecule has 4 aliphatic heterocycles. The molecule has 2 N–H and O–H groups in total. The largest absolute Gasteiger partial charge is 0.462 e. The van der Waals surface area contributed by atoms with E-state index in [0.717, 1.165) is 44.1 Å². The lowest BCUT2D eigenvalue weighted by atomic mass is 9.62. The van der Waals surface area contributed by atoms with Crippen molar-refractivity contribution in [2.45, 2.75) is 134 Å². The van der Waals surface area contributed by atoms with Crippen molar-refractivity contribution in [3.05, 3.63) is 41.5 Å². The van der Waals surface area contributed by atoms with Crippen LogP contribution in [0.1, 0.15) is 96.6 Å². The second kappa shape index (κ2) is 15.3. The summed E-state index contributed by atoms with van der Waals surface area (Å²) >= 11 is 0. The number of hydrogen-bond donors (Lipinski definition) is 2. The molecule has 1 aromatic rings. The Balaban J connectivity index is 1.21. The number of aliphatic hydroxyl groups excluding tert-OH is 1. The quantitative estimate of drug-likeness (QED) is 0.111. The van der Waals surface area contributed by atoms with Crippen LogP contribution in [0.4, 0.5) is 0 Å². The summed E-state index contributed by atoms with van der Waals surface area (Å²) in [6, 6.07) is 6.25. The molecule has 0 aromatic heterocycles. The minimum absolute atomic E-state index is 0.0359. The van der Waals surface area contributed by atoms with Crippen LogP contribution >= 0.6 is 0 Å². The van der Waals surface area contributed by atoms with Crippen molar-refractivity contribution in [2.24, 2.45) is 10.8 Å². The molecule has 0 radical (unpaired) electrons. The van der Waals surface area contributed by atoms with E-state index in [1.807, 2.05) is 12.1 Å². The van der Waals surface area contributed by atoms with Crippen LogP contribution in [-0.4, -0.2) is 96.1 Å². The Morgan fingerprint density at radius 1 is 1.00 bits per heavy atom. The molecule has 6 rings (SSSR count). The third-order valence-electron chi connectivity index (χ3n) is 10.9. The Labute approximate surface area is 299 Å². The van der Waals surface area contributed by atoms with E-state index in [9.17, 15) is 24.3 Å². The number of amides is 1. The number of unbranched alkanes of at least 4 members (excludes halogenated alkanes) is 4. The summed E-state index contributed by atoms with van der Waals surface area (Å²) in [5.41, 5.74) is -0.419. The van der Waals surface area contributed by atoms with Crippen LogP contribution in [0.3, 0.4) is 0 Å². The molecule has 4 saturated heterocycles. The predicted octanol–water partition coefficient (Wildman–Crippen LogP) is 3.74. The third kappa shape index (κ3) is 7.33. The van der Waals surface area contributed by atoms with Gasteiger partial charge >= 0.3 is 17.9 Å². The number of hydrogen-bond acceptors (Lipinski definition) is 12. The zero-order valence-corrected chi connectivity index (χ0v) is 30.1. The van der Waals surface area contributed by atoms with Crippen molar-refractivity contribution in [3.63, 3.8) is 0 Å². The summed E-state index contributed by atoms with van der Waals surface area (Å²) in [6.07, 6.45) is 6.80. The average Bonchev–Trinajstić information content (AvgIpc) is 3.74. The van der Waals surface area contributed by atoms with Gasteiger partial charge in [-0.1, -0.05) is 77.6 Å². The number of nitrogens with one attached hydrogen (secondary N) is 1. The minimum Gasteiger partial charge on any atom is -0.462 e. The molecule has 1 aliphatic carbocycles. The number of cyclic esters (lactones) is 1. The molecule has 2 bridgehead atoms. The Morgan fingerprint density at radius 2 is 1.69 bits per heavy atom. The van der Waals surface area contributed by atoms with Crippen LogP contribution in [0.15, 0.2) is 30.3 Å². The van der Waals surface area contributed by atoms with Crippen molar-refractivity contribution >= 4 is 29.9 Å². The van der Waals surface area contributed by atoms with Gasteiger partial charge in [-0.15, -0.1) is 0 Å². The lowest BCUT2D eigenvalue weighted by Gasteiger charge is -2.48. The first-order valence-electron chi connectivity index (χ1n) is 18.5. The van der Waals surface area contributed by atoms with E-state index in [0.29, 0.717) is 18.4 Å². The third-order valence-corrected chi connectivity index (χ3v) is 10.9. The number of benzene rings is 1. The maximum Gasteiger partial charge on any atom is 0.348 e. The maximum atomic E-state index is 14.1. The number of carbonyl (C=O) groups excluding carboxylic acids is 4. The van der Waals surface area contributed by atoms with Crippen LogP contribution in [0.5, 0.6) is 0 Å². The average molecular weight is 713 g/mol. The first-order valence-corrected chi connectivity index (χ1v) is 18.5. The molecule has 1 amide bonds. The number of ether oxygens (including phenoxy) is 5. The number of rotatable bonds is 16. The zero-order chi connectivity index (χ0) is 36.4. The van der Waals surface area contributed by atoms with Crippen molar-refractivity contribution in [2.75, 3.05) is 19.8 Å². The van der Waals surface area contributed by atoms with E-state index in [4.69, 9.17) is 28.5 Å². The molecule has 1 aromatic carbocycles. The van der Waals surface area contributed by atoms with Crippen molar-refractivity contribution in [3.8, 4) is 0 Å². The lowest BCUT2D eigenvalue weighted by molar-refractivity contribution is -0.224. The first kappa shape index (κ1) is 37.4. The fraction of sp³-hybridized carbons (Fsp3) is 0.684. The minimum atomic E-state index is -1.31. The van der Waals surface area contributed by atoms with Gasteiger partial charge in [-0.25, -0.2) is 9.59 Å². The van der Waals surface area contributed by atoms with Gasteiger partial charge in [0.1, 0.15) is 36.4 Å². The summed E-state index contributed by atoms with van der Waals surface area (Å²) in [5, 5.41) is 13.9. The fourth-order valence-corrected chi connectivity index (χ4v) is 8.20. The highest BCUT2D eigenvalue weighted by Gasteiger charge is 2.76. The van der Waals surface area contributed by atoms with Gasteiger partial charge in [0.15, 0.2) is 11.8 Å². The molecule has 7 atom stereocenters. The summed E-state index contributed by atoms with van der Waals surface area (Å²) in [6.45, 7) is 8.04. The standard InChI is InChI=1S/C38H52N2O11/c1-5-7-9-17-37(18-10-8-6-2)49-28-26-21-38(35(45)39-19-20-41)30(33(43)47-26)40(51-31(38)29(28)50-37)22-25-13-11-24(12-14-25)15-16-27(42)48-32-34(44)46-23-36(32,3)4/h11-16,26,28-32,41H,5-10,17-23H2,1-4H3,(H,39,45)/t26?,28-,29-,30-,31+,32-,38?/m0/s1. The smallest absolute Gasteiger partial charge is 0.348 e. The predicted molar refractivity (Wildman–Crippen MR) is 182 cm³/mol. The zero-order valence-electron chi connectivity index (χ0n) is 30.1. The Bertz CT molecular complexity index is 1470. The van der Waals surface area contributed by atoms with Gasteiger partial charge in [-0.2, -0.15) is 5.06 Å². The molecule has 13 nitrogen and oxygen atoms in total. The van der Waals surface area contributed by atoms with E-state index >= 15 is 0 Å². The Kier molecular flexibility index (Phi) is 11.2. The van der Waals surface area contributed by atoms with Gasteiger partial charge in [0.25, 0.3) is 0 Å². The number of nitrogens with zero attached hydrogens (tertiary/aromatic N) is 1. The van der Waals surface area contributed by atoms with E-state index < -0.39 is 71.1 Å². The summed E-state index contributed by atoms with van der Waals surface area (Å²) < 4.78 is 30.1. The van der Waals surface area contributed by atoms with E-state index in [-0.39, 0.29) is 38.6 Å². The van der Waals surface area contributed by atoms with E-state index in [1.165, 1.54) is 11.1 Å². The summed E-state index contributed by atoms with van der Waals surface area (Å²) in [5.74, 6) is -3.00. The molecule has 2 unspecified atom stereocenters. The molecular weight excluding hydrogens is 660 g/mol. The van der Waals surface area contributed by atoms with Gasteiger partial charge < -0.3 is 34.1 Å². The van der Waals surface area contributed by atoms with Gasteiger partial charge in [-0.05, 0) is 30.0 Å². The van der Waals surface area contributed by atoms with Crippen LogP contribution in [0, 0.1) is 10.8 Å². The highest BCUT2D eigenvalue weighted by molar-refractivity contribution is 5.93. The Morgan fingerprint density at radius 3 is 2.31 bits per heavy atom. The van der Waals surface area contributed by atoms with Crippen LogP contribution < -0.4 is 5.32 Å². The molecule has 4 heterocycles. The summed E-state index contributed by atoms with van der Waals surface area (Å²) in [7, 11) is 0. The molecule has 13 heteroatoms. The number of esters is 3. The van der Waals surface area contributed by atoms with Crippen molar-refractivity contribution in [1.82, 2.24) is 10.4 Å². The van der Waals surface area contributed by atoms with Crippen LogP contribution in [-0.2, 0) is 54.2 Å². The molecule has 5 aliphatic rings. The number of hydroxylamine groups is 2. The normalized spacial score (nSPS) is 31.7. The Hall–Kier alpha value is -3.36. The summed E-state index contributed by atoms with van der Waals surface area (Å²) in [4.78, 5) is 59.1. The number of aliphatic hydroxyl groups is 1. The molecule has 0 spiro atoms. The monoisotopic (exact) mass is 712 g/mol. The van der Waals surface area contributed by atoms with Gasteiger partial charge in [0.05, 0.1) is 13.2 Å². The molecule has 5 fully saturated rings. The number of fused-ring (bicyclic) bond motifs is 4. The van der Waals surface area contributed by atoms with Crippen molar-refractivity contribution in [1.29, 1.82) is 0 Å². The highest BCUT2D eigenvalue weighted by Crippen LogP contribution is 2.58. The maximum absolute atomic E-state index is 14.1. The molecule has 51 heavy (non-hydrogen) atoms. The second-order valence-corrected chi connectivity index (χ2v) is 15.2. The lowest BCUT2D eigenvalue weighted by Crippen LogP contribution is -2.69. The molecule has 1 saturated carbocycles. The first-order chi connectivity index (χ1) is 24.5. The molecular formula is C38H52N2O11. The second-order valence-electron chi connectivity index (χ2n) is 15.2. The highest BCUT2D eigenvalue weighted by atomic mass is 16.8. The fourth-order valence-electron chi connectivity index (χ4n) is 8.20.